The number of methoxy groups -OCH3 is 2. The Morgan fingerprint density at radius 3 is 2.40 bits per heavy atom. The summed E-state index contributed by atoms with van der Waals surface area (Å²) in [4.78, 5) is 10.0. The van der Waals surface area contributed by atoms with Crippen molar-refractivity contribution in [3.63, 3.8) is 0 Å². The van der Waals surface area contributed by atoms with E-state index in [0.29, 0.717) is 47.6 Å². The molecule has 0 unspecified atom stereocenters. The predicted octanol–water partition coefficient (Wildman–Crippen LogP) is 3.92. The number of hydrogen-bond donors (Lipinski definition) is 1. The van der Waals surface area contributed by atoms with E-state index in [1.54, 1.807) is 56.5 Å². The van der Waals surface area contributed by atoms with Crippen LogP contribution in [0, 0.1) is 5.82 Å². The number of anilines is 4. The lowest BCUT2D eigenvalue weighted by molar-refractivity contribution is 0.171. The molecule has 0 spiro atoms. The zero-order valence-corrected chi connectivity index (χ0v) is 16.8. The number of aromatic nitrogens is 2. The second-order valence-corrected chi connectivity index (χ2v) is 6.48. The van der Waals surface area contributed by atoms with Crippen LogP contribution in [0.1, 0.15) is 0 Å². The number of ether oxygens (including phenoxy) is 4. The number of benzene rings is 2. The first kappa shape index (κ1) is 19.6. The molecule has 2 heterocycles. The summed E-state index contributed by atoms with van der Waals surface area (Å²) in [7, 11) is 4.84. The minimum Gasteiger partial charge on any atom is -0.497 e. The second kappa shape index (κ2) is 8.32. The molecule has 1 N–H and O–H groups in total. The average Bonchev–Trinajstić information content (AvgIpc) is 2.79. The smallest absolute Gasteiger partial charge is 0.229 e. The van der Waals surface area contributed by atoms with Crippen molar-refractivity contribution in [2.24, 2.45) is 0 Å². The maximum Gasteiger partial charge on any atom is 0.229 e. The molecule has 0 bridgehead atoms. The van der Waals surface area contributed by atoms with E-state index in [-0.39, 0.29) is 11.8 Å². The number of hydrogen-bond acceptors (Lipinski definition) is 8. The zero-order valence-electron chi connectivity index (χ0n) is 16.8. The van der Waals surface area contributed by atoms with Crippen LogP contribution in [0.15, 0.2) is 42.6 Å². The van der Waals surface area contributed by atoms with E-state index in [1.165, 1.54) is 0 Å². The summed E-state index contributed by atoms with van der Waals surface area (Å²) in [6, 6.07) is 10.7. The molecule has 30 heavy (non-hydrogen) atoms. The van der Waals surface area contributed by atoms with Crippen LogP contribution in [-0.4, -0.2) is 44.4 Å². The molecule has 2 aromatic carbocycles. The van der Waals surface area contributed by atoms with Crippen molar-refractivity contribution in [1.29, 1.82) is 0 Å². The molecule has 156 valence electrons. The topological polar surface area (TPSA) is 78.0 Å². The summed E-state index contributed by atoms with van der Waals surface area (Å²) in [5.41, 5.74) is 1.34. The van der Waals surface area contributed by atoms with Crippen LogP contribution >= 0.6 is 0 Å². The highest BCUT2D eigenvalue weighted by Gasteiger charge is 2.18. The fraction of sp³-hybridized carbons (Fsp3) is 0.238. The molecular weight excluding hydrogens is 391 g/mol. The van der Waals surface area contributed by atoms with Crippen LogP contribution in [0.3, 0.4) is 0 Å². The molecule has 3 aromatic rings. The average molecular weight is 412 g/mol. The van der Waals surface area contributed by atoms with E-state index in [4.69, 9.17) is 18.9 Å². The van der Waals surface area contributed by atoms with Crippen molar-refractivity contribution in [2.75, 3.05) is 44.7 Å². The van der Waals surface area contributed by atoms with Gasteiger partial charge in [0.1, 0.15) is 24.7 Å². The monoisotopic (exact) mass is 412 g/mol. The summed E-state index contributed by atoms with van der Waals surface area (Å²) in [6.07, 6.45) is 1.12. The maximum atomic E-state index is 14.5. The molecule has 0 atom stereocenters. The summed E-state index contributed by atoms with van der Waals surface area (Å²) in [5, 5.41) is 3.06. The first-order valence-electron chi connectivity index (χ1n) is 9.23. The molecule has 0 radical (unpaired) electrons. The summed E-state index contributed by atoms with van der Waals surface area (Å²) in [6.45, 7) is 0.979. The van der Waals surface area contributed by atoms with Gasteiger partial charge in [0, 0.05) is 42.7 Å². The van der Waals surface area contributed by atoms with E-state index in [2.05, 4.69) is 15.3 Å². The van der Waals surface area contributed by atoms with E-state index in [9.17, 15) is 4.39 Å². The molecule has 9 heteroatoms. The molecule has 4 rings (SSSR count). The van der Waals surface area contributed by atoms with Crippen LogP contribution in [0.2, 0.25) is 0 Å². The van der Waals surface area contributed by atoms with Crippen molar-refractivity contribution >= 4 is 23.1 Å². The summed E-state index contributed by atoms with van der Waals surface area (Å²) < 4.78 is 36.2. The molecule has 1 aromatic heterocycles. The van der Waals surface area contributed by atoms with Gasteiger partial charge in [0.05, 0.1) is 20.4 Å². The molecule has 0 aliphatic carbocycles. The molecule has 1 aliphatic rings. The molecule has 0 amide bonds. The lowest BCUT2D eigenvalue weighted by atomic mass is 10.2. The quantitative estimate of drug-likeness (QED) is 0.653. The number of rotatable bonds is 6. The third kappa shape index (κ3) is 4.00. The number of nitrogens with zero attached hydrogens (tertiary/aromatic N) is 3. The zero-order chi connectivity index (χ0) is 21.1. The van der Waals surface area contributed by atoms with Gasteiger partial charge in [0.2, 0.25) is 5.95 Å². The van der Waals surface area contributed by atoms with E-state index >= 15 is 0 Å². The third-order valence-electron chi connectivity index (χ3n) is 4.56. The SMILES string of the molecule is COc1cc(Nc2ncc(F)c(N(C)c3ccc4c(c3)OCCO4)n2)cc(OC)c1. The number of fused-ring (bicyclic) bond motifs is 1. The number of halogens is 1. The molecule has 8 nitrogen and oxygen atoms in total. The van der Waals surface area contributed by atoms with Crippen molar-refractivity contribution < 1.29 is 23.3 Å². The highest BCUT2D eigenvalue weighted by molar-refractivity contribution is 5.66. The highest BCUT2D eigenvalue weighted by Crippen LogP contribution is 2.36. The Morgan fingerprint density at radius 1 is 1.00 bits per heavy atom. The van der Waals surface area contributed by atoms with E-state index < -0.39 is 5.82 Å². The van der Waals surface area contributed by atoms with E-state index in [1.807, 2.05) is 6.07 Å². The Hall–Kier alpha value is -3.75. The lowest BCUT2D eigenvalue weighted by Crippen LogP contribution is -2.17. The van der Waals surface area contributed by atoms with E-state index in [0.717, 1.165) is 6.20 Å². The van der Waals surface area contributed by atoms with Gasteiger partial charge < -0.3 is 29.2 Å². The van der Waals surface area contributed by atoms with Crippen molar-refractivity contribution in [3.8, 4) is 23.0 Å². The molecule has 0 saturated heterocycles. The fourth-order valence-corrected chi connectivity index (χ4v) is 3.03. The van der Waals surface area contributed by atoms with Gasteiger partial charge in [-0.2, -0.15) is 4.98 Å². The first-order chi connectivity index (χ1) is 14.6. The van der Waals surface area contributed by atoms with Crippen molar-refractivity contribution in [3.05, 3.63) is 48.4 Å². The maximum absolute atomic E-state index is 14.5. The van der Waals surface area contributed by atoms with Crippen LogP contribution < -0.4 is 29.2 Å². The third-order valence-corrected chi connectivity index (χ3v) is 4.56. The van der Waals surface area contributed by atoms with Gasteiger partial charge >= 0.3 is 0 Å². The van der Waals surface area contributed by atoms with Gasteiger partial charge in [-0.3, -0.25) is 0 Å². The Kier molecular flexibility index (Phi) is 5.42. The van der Waals surface area contributed by atoms with Gasteiger partial charge in [-0.25, -0.2) is 9.37 Å². The minimum atomic E-state index is -0.554. The molecule has 0 saturated carbocycles. The summed E-state index contributed by atoms with van der Waals surface area (Å²) >= 11 is 0. The van der Waals surface area contributed by atoms with Gasteiger partial charge in [0.25, 0.3) is 0 Å². The Bertz CT molecular complexity index is 1040. The summed E-state index contributed by atoms with van der Waals surface area (Å²) in [5.74, 6) is 2.27. The highest BCUT2D eigenvalue weighted by atomic mass is 19.1. The Labute approximate surface area is 173 Å². The van der Waals surface area contributed by atoms with Gasteiger partial charge in [-0.1, -0.05) is 0 Å². The largest absolute Gasteiger partial charge is 0.497 e. The fourth-order valence-electron chi connectivity index (χ4n) is 3.03. The van der Waals surface area contributed by atoms with Gasteiger partial charge in [-0.05, 0) is 12.1 Å². The minimum absolute atomic E-state index is 0.110. The first-order valence-corrected chi connectivity index (χ1v) is 9.23. The second-order valence-electron chi connectivity index (χ2n) is 6.48. The Balaban J connectivity index is 1.62. The van der Waals surface area contributed by atoms with Crippen LogP contribution in [0.5, 0.6) is 23.0 Å². The normalized spacial score (nSPS) is 12.3. The van der Waals surface area contributed by atoms with Crippen LogP contribution in [-0.2, 0) is 0 Å². The number of nitrogens with one attached hydrogen (secondary N) is 1. The van der Waals surface area contributed by atoms with Gasteiger partial charge in [0.15, 0.2) is 23.1 Å². The van der Waals surface area contributed by atoms with Crippen molar-refractivity contribution in [1.82, 2.24) is 9.97 Å². The Morgan fingerprint density at radius 2 is 1.70 bits per heavy atom. The predicted molar refractivity (Wildman–Crippen MR) is 110 cm³/mol. The standard InChI is InChI=1S/C21H21FN4O4/c1-26(14-4-5-18-19(10-14)30-7-6-29-18)20-17(22)12-23-21(25-20)24-13-8-15(27-2)11-16(9-13)28-3/h4-5,8-12H,6-7H2,1-3H3,(H,23,24,25). The van der Waals surface area contributed by atoms with Crippen molar-refractivity contribution in [2.45, 2.75) is 0 Å². The lowest BCUT2D eigenvalue weighted by Gasteiger charge is -2.23. The molecule has 0 fully saturated rings. The molecular formula is C21H21FN4O4. The van der Waals surface area contributed by atoms with Crippen LogP contribution in [0.4, 0.5) is 27.5 Å². The van der Waals surface area contributed by atoms with Crippen LogP contribution in [0.25, 0.3) is 0 Å². The van der Waals surface area contributed by atoms with Gasteiger partial charge in [-0.15, -0.1) is 0 Å². The molecule has 1 aliphatic heterocycles.